The fourth-order valence-corrected chi connectivity index (χ4v) is 3.24. The van der Waals surface area contributed by atoms with E-state index in [1.807, 2.05) is 19.9 Å². The van der Waals surface area contributed by atoms with E-state index in [2.05, 4.69) is 31.7 Å². The summed E-state index contributed by atoms with van der Waals surface area (Å²) in [5, 5.41) is 4.34. The van der Waals surface area contributed by atoms with Crippen molar-refractivity contribution in [2.24, 2.45) is 0 Å². The molecule has 20 heavy (non-hydrogen) atoms. The average molecular weight is 289 g/mol. The van der Waals surface area contributed by atoms with Crippen LogP contribution in [0, 0.1) is 13.8 Å². The Kier molecular flexibility index (Phi) is 4.10. The fraction of sp³-hybridized carbons (Fsp3) is 0.467. The lowest BCUT2D eigenvalue weighted by Gasteiger charge is -2.32. The normalized spacial score (nSPS) is 20.2. The predicted molar refractivity (Wildman–Crippen MR) is 79.8 cm³/mol. The van der Waals surface area contributed by atoms with Gasteiger partial charge in [0, 0.05) is 25.3 Å². The summed E-state index contributed by atoms with van der Waals surface area (Å²) in [4.78, 5) is 11.3. The molecule has 3 rings (SSSR count). The standard InChI is InChI=1S/C15H19N3OS/c1-11-7-14(17-12(2)16-11)15-9-18(4-5-19-15)8-13-3-6-20-10-13/h3,6-7,10,15H,4-5,8-9H2,1-2H3. The zero-order valence-corrected chi connectivity index (χ0v) is 12.7. The first-order valence-corrected chi connectivity index (χ1v) is 7.82. The zero-order valence-electron chi connectivity index (χ0n) is 11.9. The van der Waals surface area contributed by atoms with Crippen molar-refractivity contribution in [2.75, 3.05) is 19.7 Å². The molecule has 1 aliphatic rings. The molecule has 106 valence electrons. The Bertz CT molecular complexity index is 550. The van der Waals surface area contributed by atoms with Crippen molar-refractivity contribution in [3.8, 4) is 0 Å². The van der Waals surface area contributed by atoms with Crippen LogP contribution in [-0.4, -0.2) is 34.6 Å². The van der Waals surface area contributed by atoms with E-state index in [-0.39, 0.29) is 6.10 Å². The van der Waals surface area contributed by atoms with Crippen LogP contribution in [0.25, 0.3) is 0 Å². The van der Waals surface area contributed by atoms with Crippen LogP contribution in [0.4, 0.5) is 0 Å². The third kappa shape index (κ3) is 3.23. The van der Waals surface area contributed by atoms with Gasteiger partial charge in [0.15, 0.2) is 0 Å². The van der Waals surface area contributed by atoms with Crippen LogP contribution in [0.1, 0.15) is 28.9 Å². The highest BCUT2D eigenvalue weighted by Gasteiger charge is 2.23. The molecule has 0 spiro atoms. The second-order valence-corrected chi connectivity index (χ2v) is 5.99. The zero-order chi connectivity index (χ0) is 13.9. The molecule has 4 nitrogen and oxygen atoms in total. The van der Waals surface area contributed by atoms with Gasteiger partial charge in [-0.3, -0.25) is 4.90 Å². The number of aryl methyl sites for hydroxylation is 2. The first-order valence-electron chi connectivity index (χ1n) is 6.88. The molecule has 0 amide bonds. The summed E-state index contributed by atoms with van der Waals surface area (Å²) in [5.74, 6) is 0.818. The molecular formula is C15H19N3OS. The summed E-state index contributed by atoms with van der Waals surface area (Å²) < 4.78 is 5.89. The van der Waals surface area contributed by atoms with Crippen molar-refractivity contribution >= 4 is 11.3 Å². The largest absolute Gasteiger partial charge is 0.369 e. The van der Waals surface area contributed by atoms with Crippen LogP contribution in [-0.2, 0) is 11.3 Å². The SMILES string of the molecule is Cc1cc(C2CN(Cc3ccsc3)CCO2)nc(C)n1. The van der Waals surface area contributed by atoms with Gasteiger partial charge in [0.2, 0.25) is 0 Å². The molecule has 0 N–H and O–H groups in total. The predicted octanol–water partition coefficient (Wildman–Crippen LogP) is 2.73. The Labute approximate surface area is 123 Å². The van der Waals surface area contributed by atoms with Crippen LogP contribution < -0.4 is 0 Å². The number of thiophene rings is 1. The number of rotatable bonds is 3. The van der Waals surface area contributed by atoms with Crippen molar-refractivity contribution in [3.05, 3.63) is 45.7 Å². The van der Waals surface area contributed by atoms with Gasteiger partial charge in [0.1, 0.15) is 11.9 Å². The van der Waals surface area contributed by atoms with E-state index in [4.69, 9.17) is 4.74 Å². The number of hydrogen-bond donors (Lipinski definition) is 0. The van der Waals surface area contributed by atoms with Gasteiger partial charge < -0.3 is 4.74 Å². The van der Waals surface area contributed by atoms with Crippen molar-refractivity contribution < 1.29 is 4.74 Å². The van der Waals surface area contributed by atoms with Gasteiger partial charge in [-0.1, -0.05) is 0 Å². The second-order valence-electron chi connectivity index (χ2n) is 5.21. The molecular weight excluding hydrogens is 270 g/mol. The van der Waals surface area contributed by atoms with Crippen molar-refractivity contribution in [1.82, 2.24) is 14.9 Å². The highest BCUT2D eigenvalue weighted by molar-refractivity contribution is 7.07. The monoisotopic (exact) mass is 289 g/mol. The van der Waals surface area contributed by atoms with E-state index in [9.17, 15) is 0 Å². The van der Waals surface area contributed by atoms with Gasteiger partial charge in [-0.05, 0) is 42.3 Å². The minimum Gasteiger partial charge on any atom is -0.369 e. The first kappa shape index (κ1) is 13.7. The summed E-state index contributed by atoms with van der Waals surface area (Å²) in [6.07, 6.45) is 0.0581. The minimum atomic E-state index is 0.0581. The molecule has 1 fully saturated rings. The summed E-state index contributed by atoms with van der Waals surface area (Å²) in [6.45, 7) is 7.57. The maximum absolute atomic E-state index is 5.89. The molecule has 0 bridgehead atoms. The Morgan fingerprint density at radius 2 is 2.30 bits per heavy atom. The van der Waals surface area contributed by atoms with Crippen LogP contribution in [0.2, 0.25) is 0 Å². The average Bonchev–Trinajstić information content (AvgIpc) is 2.91. The number of nitrogens with zero attached hydrogens (tertiary/aromatic N) is 3. The van der Waals surface area contributed by atoms with Gasteiger partial charge in [-0.25, -0.2) is 9.97 Å². The van der Waals surface area contributed by atoms with Gasteiger partial charge in [-0.2, -0.15) is 11.3 Å². The quantitative estimate of drug-likeness (QED) is 0.871. The lowest BCUT2D eigenvalue weighted by Crippen LogP contribution is -2.38. The molecule has 2 aromatic rings. The second kappa shape index (κ2) is 5.99. The number of ether oxygens (including phenoxy) is 1. The lowest BCUT2D eigenvalue weighted by atomic mass is 10.1. The molecule has 0 aromatic carbocycles. The van der Waals surface area contributed by atoms with Crippen molar-refractivity contribution in [2.45, 2.75) is 26.5 Å². The molecule has 0 aliphatic carbocycles. The highest BCUT2D eigenvalue weighted by Crippen LogP contribution is 2.22. The van der Waals surface area contributed by atoms with Gasteiger partial charge >= 0.3 is 0 Å². The number of morpholine rings is 1. The van der Waals surface area contributed by atoms with E-state index >= 15 is 0 Å². The van der Waals surface area contributed by atoms with Crippen LogP contribution >= 0.6 is 11.3 Å². The lowest BCUT2D eigenvalue weighted by molar-refractivity contribution is -0.0351. The Morgan fingerprint density at radius 1 is 1.40 bits per heavy atom. The molecule has 1 aliphatic heterocycles. The van der Waals surface area contributed by atoms with E-state index in [0.29, 0.717) is 0 Å². The Balaban J connectivity index is 1.71. The van der Waals surface area contributed by atoms with E-state index in [1.54, 1.807) is 11.3 Å². The number of aromatic nitrogens is 2. The molecule has 1 unspecified atom stereocenters. The Morgan fingerprint density at radius 3 is 3.05 bits per heavy atom. The van der Waals surface area contributed by atoms with Gasteiger partial charge in [0.25, 0.3) is 0 Å². The van der Waals surface area contributed by atoms with Gasteiger partial charge in [0.05, 0.1) is 12.3 Å². The number of hydrogen-bond acceptors (Lipinski definition) is 5. The fourth-order valence-electron chi connectivity index (χ4n) is 2.58. The highest BCUT2D eigenvalue weighted by atomic mass is 32.1. The summed E-state index contributed by atoms with van der Waals surface area (Å²) >= 11 is 1.75. The van der Waals surface area contributed by atoms with Crippen molar-refractivity contribution in [1.29, 1.82) is 0 Å². The topological polar surface area (TPSA) is 38.2 Å². The van der Waals surface area contributed by atoms with Crippen LogP contribution in [0.15, 0.2) is 22.9 Å². The summed E-state index contributed by atoms with van der Waals surface area (Å²) in [6, 6.07) is 4.22. The summed E-state index contributed by atoms with van der Waals surface area (Å²) in [7, 11) is 0. The molecule has 1 atom stereocenters. The van der Waals surface area contributed by atoms with E-state index in [0.717, 1.165) is 43.5 Å². The third-order valence-corrected chi connectivity index (χ3v) is 4.18. The first-order chi connectivity index (χ1) is 9.70. The maximum atomic E-state index is 5.89. The van der Waals surface area contributed by atoms with Gasteiger partial charge in [-0.15, -0.1) is 0 Å². The minimum absolute atomic E-state index is 0.0581. The molecule has 0 saturated carbocycles. The molecule has 0 radical (unpaired) electrons. The van der Waals surface area contributed by atoms with Crippen LogP contribution in [0.5, 0.6) is 0 Å². The molecule has 1 saturated heterocycles. The molecule has 2 aromatic heterocycles. The molecule has 3 heterocycles. The Hall–Kier alpha value is -1.30. The smallest absolute Gasteiger partial charge is 0.125 e. The van der Waals surface area contributed by atoms with E-state index in [1.165, 1.54) is 5.56 Å². The van der Waals surface area contributed by atoms with Crippen LogP contribution in [0.3, 0.4) is 0 Å². The van der Waals surface area contributed by atoms with Crippen molar-refractivity contribution in [3.63, 3.8) is 0 Å². The maximum Gasteiger partial charge on any atom is 0.125 e. The van der Waals surface area contributed by atoms with E-state index < -0.39 is 0 Å². The third-order valence-electron chi connectivity index (χ3n) is 3.45. The summed E-state index contributed by atoms with van der Waals surface area (Å²) in [5.41, 5.74) is 3.39. The molecule has 5 heteroatoms.